The van der Waals surface area contributed by atoms with Crippen molar-refractivity contribution in [2.75, 3.05) is 0 Å². The first-order valence-corrected chi connectivity index (χ1v) is 17.9. The fraction of sp³-hybridized carbons (Fsp3) is 0.0833. The van der Waals surface area contributed by atoms with Gasteiger partial charge in [0.2, 0.25) is 0 Å². The van der Waals surface area contributed by atoms with E-state index in [9.17, 15) is 0 Å². The molecule has 50 heavy (non-hydrogen) atoms. The summed E-state index contributed by atoms with van der Waals surface area (Å²) in [6.07, 6.45) is 6.81. The van der Waals surface area contributed by atoms with Crippen LogP contribution >= 0.6 is 0 Å². The summed E-state index contributed by atoms with van der Waals surface area (Å²) in [6, 6.07) is 54.2. The van der Waals surface area contributed by atoms with Crippen LogP contribution in [0.15, 0.2) is 152 Å². The molecule has 0 atom stereocenters. The Kier molecular flexibility index (Phi) is 6.47. The molecule has 1 aliphatic rings. The second-order valence-electron chi connectivity index (χ2n) is 13.2. The van der Waals surface area contributed by atoms with E-state index in [2.05, 4.69) is 167 Å². The van der Waals surface area contributed by atoms with Crippen LogP contribution < -0.4 is 0 Å². The number of benzene rings is 8. The number of hydrogen-bond acceptors (Lipinski definition) is 0. The molecular formula is C48H36N2. The van der Waals surface area contributed by atoms with Crippen LogP contribution in [0.25, 0.3) is 93.4 Å². The summed E-state index contributed by atoms with van der Waals surface area (Å²) in [4.78, 5) is 0. The molecule has 2 heterocycles. The number of para-hydroxylation sites is 1. The van der Waals surface area contributed by atoms with Gasteiger partial charge in [-0.2, -0.15) is 0 Å². The Morgan fingerprint density at radius 3 is 1.92 bits per heavy atom. The summed E-state index contributed by atoms with van der Waals surface area (Å²) in [5.41, 5.74) is 10.1. The average molecular weight is 641 g/mol. The number of aryl methyl sites for hydroxylation is 1. The van der Waals surface area contributed by atoms with Gasteiger partial charge in [-0.15, -0.1) is 0 Å². The topological polar surface area (TPSA) is 9.86 Å². The van der Waals surface area contributed by atoms with E-state index in [0.717, 1.165) is 12.8 Å². The first-order valence-electron chi connectivity index (χ1n) is 17.9. The molecule has 1 aliphatic carbocycles. The second-order valence-corrected chi connectivity index (χ2v) is 13.2. The lowest BCUT2D eigenvalue weighted by Crippen LogP contribution is -1.98. The van der Waals surface area contributed by atoms with E-state index in [4.69, 9.17) is 0 Å². The predicted octanol–water partition coefficient (Wildman–Crippen LogP) is 13.3. The maximum Gasteiger partial charge on any atom is 0.0625 e. The third-order valence-corrected chi connectivity index (χ3v) is 10.7. The van der Waals surface area contributed by atoms with E-state index in [0.29, 0.717) is 0 Å². The van der Waals surface area contributed by atoms with Crippen molar-refractivity contribution in [3.63, 3.8) is 0 Å². The highest BCUT2D eigenvalue weighted by Crippen LogP contribution is 2.44. The van der Waals surface area contributed by atoms with Crippen molar-refractivity contribution in [1.82, 2.24) is 9.13 Å². The van der Waals surface area contributed by atoms with E-state index in [1.807, 2.05) is 13.8 Å². The first-order chi connectivity index (χ1) is 24.8. The highest BCUT2D eigenvalue weighted by Gasteiger charge is 2.22. The lowest BCUT2D eigenvalue weighted by Gasteiger charge is -2.14. The standard InChI is InChI=1S/C46H30N2.C2H6/c1-2-12-30-25-33(22-21-29(30)11-1)47-42-20-10-9-17-37(42)40-28-34(23-24-43(40)47)48-44-27-32-14-4-3-13-31(32)26-41(44)45-38-18-7-5-15-35(38)36-16-6-8-19-39(36)46(45)48;1-2/h1-2,4-12,14-28H,3,13H2;1-2H3. The van der Waals surface area contributed by atoms with E-state index in [1.165, 1.54) is 98.4 Å². The van der Waals surface area contributed by atoms with Gasteiger partial charge in [-0.25, -0.2) is 0 Å². The Morgan fingerprint density at radius 1 is 0.440 bits per heavy atom. The Balaban J connectivity index is 0.00000156. The highest BCUT2D eigenvalue weighted by atomic mass is 15.0. The van der Waals surface area contributed by atoms with Crippen LogP contribution in [-0.2, 0) is 6.42 Å². The molecule has 2 nitrogen and oxygen atoms in total. The van der Waals surface area contributed by atoms with E-state index < -0.39 is 0 Å². The summed E-state index contributed by atoms with van der Waals surface area (Å²) < 4.78 is 4.97. The summed E-state index contributed by atoms with van der Waals surface area (Å²) in [6.45, 7) is 4.00. The van der Waals surface area contributed by atoms with Crippen molar-refractivity contribution in [3.8, 4) is 11.4 Å². The average Bonchev–Trinajstić information content (AvgIpc) is 3.70. The lowest BCUT2D eigenvalue weighted by atomic mass is 9.93. The molecule has 0 aliphatic heterocycles. The maximum absolute atomic E-state index is 2.55. The van der Waals surface area contributed by atoms with Gasteiger partial charge >= 0.3 is 0 Å². The molecule has 0 saturated carbocycles. The molecular weight excluding hydrogens is 605 g/mol. The minimum Gasteiger partial charge on any atom is -0.309 e. The summed E-state index contributed by atoms with van der Waals surface area (Å²) in [5.74, 6) is 0. The normalized spacial score (nSPS) is 12.8. The molecule has 2 aromatic heterocycles. The number of allylic oxidation sites excluding steroid dienone is 1. The number of fused-ring (bicyclic) bond motifs is 13. The first kappa shape index (κ1) is 28.9. The molecule has 0 radical (unpaired) electrons. The number of nitrogens with zero attached hydrogens (tertiary/aromatic N) is 2. The minimum absolute atomic E-state index is 1.08. The second kappa shape index (κ2) is 11.2. The number of aromatic nitrogens is 2. The summed E-state index contributed by atoms with van der Waals surface area (Å²) >= 11 is 0. The minimum atomic E-state index is 1.08. The SMILES string of the molecule is C1=Cc2cc3c(cc2CC1)c1c2ccccc2c2ccccc2c1n3-c1ccc2c(c1)c1ccccc1n2-c1ccc2ccccc2c1.CC. The highest BCUT2D eigenvalue weighted by molar-refractivity contribution is 6.32. The van der Waals surface area contributed by atoms with Gasteiger partial charge < -0.3 is 9.13 Å². The molecule has 0 saturated heterocycles. The number of hydrogen-bond donors (Lipinski definition) is 0. The zero-order valence-corrected chi connectivity index (χ0v) is 28.3. The monoisotopic (exact) mass is 640 g/mol. The zero-order valence-electron chi connectivity index (χ0n) is 28.3. The van der Waals surface area contributed by atoms with Crippen LogP contribution in [0.4, 0.5) is 0 Å². The Bertz CT molecular complexity index is 3000. The Hall–Kier alpha value is -6.12. The molecule has 11 rings (SSSR count). The zero-order chi connectivity index (χ0) is 33.3. The molecule has 0 unspecified atom stereocenters. The number of rotatable bonds is 2. The van der Waals surface area contributed by atoms with Crippen LogP contribution in [0, 0.1) is 0 Å². The Labute approximate surface area is 291 Å². The van der Waals surface area contributed by atoms with Crippen LogP contribution in [0.5, 0.6) is 0 Å². The van der Waals surface area contributed by atoms with Crippen molar-refractivity contribution in [2.24, 2.45) is 0 Å². The van der Waals surface area contributed by atoms with Crippen molar-refractivity contribution in [3.05, 3.63) is 163 Å². The maximum atomic E-state index is 2.55. The largest absolute Gasteiger partial charge is 0.309 e. The molecule has 10 aromatic rings. The van der Waals surface area contributed by atoms with E-state index >= 15 is 0 Å². The van der Waals surface area contributed by atoms with Crippen molar-refractivity contribution >= 4 is 82.0 Å². The quantitative estimate of drug-likeness (QED) is 0.166. The lowest BCUT2D eigenvalue weighted by molar-refractivity contribution is 0.988. The van der Waals surface area contributed by atoms with Crippen molar-refractivity contribution in [1.29, 1.82) is 0 Å². The molecule has 2 heteroatoms. The third-order valence-electron chi connectivity index (χ3n) is 10.7. The van der Waals surface area contributed by atoms with Gasteiger partial charge in [0.05, 0.1) is 22.1 Å². The Morgan fingerprint density at radius 2 is 1.08 bits per heavy atom. The molecule has 0 bridgehead atoms. The smallest absolute Gasteiger partial charge is 0.0625 e. The molecule has 0 fully saturated rings. The van der Waals surface area contributed by atoms with Crippen LogP contribution in [0.2, 0.25) is 0 Å². The van der Waals surface area contributed by atoms with Gasteiger partial charge in [0.15, 0.2) is 0 Å². The molecule has 0 spiro atoms. The third kappa shape index (κ3) is 4.09. The van der Waals surface area contributed by atoms with Crippen molar-refractivity contribution < 1.29 is 0 Å². The molecule has 238 valence electrons. The van der Waals surface area contributed by atoms with Gasteiger partial charge in [-0.3, -0.25) is 0 Å². The van der Waals surface area contributed by atoms with Crippen LogP contribution in [-0.4, -0.2) is 9.13 Å². The summed E-state index contributed by atoms with van der Waals surface area (Å²) in [5, 5.41) is 12.9. The van der Waals surface area contributed by atoms with Gasteiger partial charge in [0.25, 0.3) is 0 Å². The summed E-state index contributed by atoms with van der Waals surface area (Å²) in [7, 11) is 0. The van der Waals surface area contributed by atoms with Crippen LogP contribution in [0.3, 0.4) is 0 Å². The fourth-order valence-corrected chi connectivity index (χ4v) is 8.57. The van der Waals surface area contributed by atoms with Crippen LogP contribution in [0.1, 0.15) is 31.4 Å². The fourth-order valence-electron chi connectivity index (χ4n) is 8.57. The van der Waals surface area contributed by atoms with Crippen molar-refractivity contribution in [2.45, 2.75) is 26.7 Å². The van der Waals surface area contributed by atoms with Gasteiger partial charge in [0.1, 0.15) is 0 Å². The molecule has 0 amide bonds. The predicted molar refractivity (Wildman–Crippen MR) is 216 cm³/mol. The molecule has 0 N–H and O–H groups in total. The van der Waals surface area contributed by atoms with Gasteiger partial charge in [-0.05, 0) is 99.4 Å². The van der Waals surface area contributed by atoms with Gasteiger partial charge in [-0.1, -0.05) is 123 Å². The molecule has 8 aromatic carbocycles. The van der Waals surface area contributed by atoms with E-state index in [-0.39, 0.29) is 0 Å². The van der Waals surface area contributed by atoms with Gasteiger partial charge in [0, 0.05) is 38.3 Å². The van der Waals surface area contributed by atoms with E-state index in [1.54, 1.807) is 0 Å².